The van der Waals surface area contributed by atoms with Crippen LogP contribution in [-0.2, 0) is 0 Å². The Labute approximate surface area is 146 Å². The number of hydrogen-bond acceptors (Lipinski definition) is 0. The van der Waals surface area contributed by atoms with Crippen molar-refractivity contribution in [2.75, 3.05) is 0 Å². The van der Waals surface area contributed by atoms with Crippen LogP contribution in [0.4, 0.5) is 0 Å². The molecule has 0 unspecified atom stereocenters. The Balaban J connectivity index is 1.85. The summed E-state index contributed by atoms with van der Waals surface area (Å²) in [4.78, 5) is 1.93. The largest absolute Gasteiger partial charge is 0.0616 e. The van der Waals surface area contributed by atoms with Crippen molar-refractivity contribution in [3.8, 4) is 0 Å². The summed E-state index contributed by atoms with van der Waals surface area (Å²) in [6.07, 6.45) is 0. The zero-order chi connectivity index (χ0) is 15.9. The van der Waals surface area contributed by atoms with E-state index in [1.807, 2.05) is 36.4 Å². The Morgan fingerprint density at radius 3 is 1.30 bits per heavy atom. The van der Waals surface area contributed by atoms with E-state index in [-0.39, 0.29) is 0 Å². The summed E-state index contributed by atoms with van der Waals surface area (Å²) in [6.45, 7) is 0. The molecule has 0 saturated heterocycles. The first kappa shape index (κ1) is 14.9. The molecule has 0 radical (unpaired) electrons. The van der Waals surface area contributed by atoms with Crippen LogP contribution in [0.2, 0.25) is 0 Å². The summed E-state index contributed by atoms with van der Waals surface area (Å²) in [5, 5.41) is 4.70. The molecule has 0 aromatic heterocycles. The minimum Gasteiger partial charge on any atom is -0.0616 e. The van der Waals surface area contributed by atoms with Gasteiger partial charge >= 0.3 is 0 Å². The van der Waals surface area contributed by atoms with Crippen LogP contribution in [0.5, 0.6) is 0 Å². The molecule has 0 heterocycles. The van der Waals surface area contributed by atoms with E-state index < -0.39 is 8.46 Å². The second kappa shape index (κ2) is 5.76. The Morgan fingerprint density at radius 2 is 0.870 bits per heavy atom. The van der Waals surface area contributed by atoms with Crippen molar-refractivity contribution in [2.24, 2.45) is 0 Å². The maximum atomic E-state index is 6.84. The lowest BCUT2D eigenvalue weighted by molar-refractivity contribution is 1.43. The fourth-order valence-corrected chi connectivity index (χ4v) is 5.24. The SMILES string of the molecule is ClS(Cl)(c1ccc2ccccc2c1)c1ccc2ccccc2c1. The summed E-state index contributed by atoms with van der Waals surface area (Å²) in [6, 6.07) is 28.9. The maximum absolute atomic E-state index is 6.84. The number of benzene rings is 4. The minimum atomic E-state index is -2.08. The number of halogens is 2. The highest BCUT2D eigenvalue weighted by atomic mass is 36.0. The lowest BCUT2D eigenvalue weighted by Crippen LogP contribution is -1.88. The standard InChI is InChI=1S/C20H14Cl2S/c21-23(22,19-11-9-15-5-1-3-7-17(15)13-19)20-12-10-16-6-2-4-8-18(16)14-20/h1-14H. The van der Waals surface area contributed by atoms with Gasteiger partial charge in [0.2, 0.25) is 0 Å². The van der Waals surface area contributed by atoms with Gasteiger partial charge in [-0.2, -0.15) is 0 Å². The highest BCUT2D eigenvalue weighted by Gasteiger charge is 2.24. The third kappa shape index (κ3) is 2.70. The molecule has 0 aliphatic carbocycles. The average molecular weight is 357 g/mol. The number of fused-ring (bicyclic) bond motifs is 2. The zero-order valence-corrected chi connectivity index (χ0v) is 14.6. The van der Waals surface area contributed by atoms with Crippen molar-refractivity contribution in [1.82, 2.24) is 0 Å². The second-order valence-corrected chi connectivity index (χ2v) is 10.6. The highest BCUT2D eigenvalue weighted by molar-refractivity contribution is 8.66. The molecule has 0 nitrogen and oxygen atoms in total. The van der Waals surface area contributed by atoms with Crippen molar-refractivity contribution < 1.29 is 0 Å². The average Bonchev–Trinajstić information content (AvgIpc) is 2.61. The van der Waals surface area contributed by atoms with Gasteiger partial charge in [0.15, 0.2) is 0 Å². The van der Waals surface area contributed by atoms with E-state index in [1.165, 1.54) is 10.8 Å². The van der Waals surface area contributed by atoms with Crippen molar-refractivity contribution >= 4 is 51.4 Å². The van der Waals surface area contributed by atoms with E-state index in [4.69, 9.17) is 21.4 Å². The van der Waals surface area contributed by atoms with Crippen LogP contribution in [0.3, 0.4) is 0 Å². The van der Waals surface area contributed by atoms with Gasteiger partial charge in [0.25, 0.3) is 0 Å². The van der Waals surface area contributed by atoms with E-state index >= 15 is 0 Å². The normalized spacial score (nSPS) is 12.6. The summed E-state index contributed by atoms with van der Waals surface area (Å²) >= 11 is 0. The van der Waals surface area contributed by atoms with Gasteiger partial charge in [0.1, 0.15) is 0 Å². The highest BCUT2D eigenvalue weighted by Crippen LogP contribution is 2.71. The summed E-state index contributed by atoms with van der Waals surface area (Å²) in [5.41, 5.74) is 0. The predicted molar refractivity (Wildman–Crippen MR) is 104 cm³/mol. The summed E-state index contributed by atoms with van der Waals surface area (Å²) in [5.74, 6) is 0. The molecule has 114 valence electrons. The second-order valence-electron chi connectivity index (χ2n) is 5.49. The van der Waals surface area contributed by atoms with Crippen molar-refractivity contribution in [1.29, 1.82) is 0 Å². The quantitative estimate of drug-likeness (QED) is 0.348. The van der Waals surface area contributed by atoms with Gasteiger partial charge in [-0.1, -0.05) is 60.7 Å². The fourth-order valence-electron chi connectivity index (χ4n) is 2.79. The van der Waals surface area contributed by atoms with Gasteiger partial charge in [-0.15, -0.1) is 0 Å². The first-order valence-corrected chi connectivity index (χ1v) is 10.6. The molecule has 0 saturated carbocycles. The molecule has 0 atom stereocenters. The van der Waals surface area contributed by atoms with Gasteiger partial charge in [-0.25, -0.2) is 0 Å². The van der Waals surface area contributed by atoms with Crippen LogP contribution >= 0.6 is 29.8 Å². The molecule has 0 fully saturated rings. The van der Waals surface area contributed by atoms with Gasteiger partial charge in [0, 0.05) is 9.79 Å². The van der Waals surface area contributed by atoms with Gasteiger partial charge in [-0.05, 0) is 75.6 Å². The van der Waals surface area contributed by atoms with E-state index in [1.54, 1.807) is 0 Å². The Bertz CT molecular complexity index is 927. The molecule has 4 aromatic rings. The zero-order valence-electron chi connectivity index (χ0n) is 12.2. The molecule has 0 aliphatic heterocycles. The Hall–Kier alpha value is -1.67. The van der Waals surface area contributed by atoms with E-state index in [2.05, 4.69) is 48.5 Å². The molecule has 4 rings (SSSR count). The molecule has 0 amide bonds. The molecular weight excluding hydrogens is 343 g/mol. The molecule has 0 aliphatic rings. The van der Waals surface area contributed by atoms with Gasteiger partial charge in [0.05, 0.1) is 0 Å². The van der Waals surface area contributed by atoms with Crippen LogP contribution < -0.4 is 0 Å². The monoisotopic (exact) mass is 356 g/mol. The van der Waals surface area contributed by atoms with E-state index in [9.17, 15) is 0 Å². The lowest BCUT2D eigenvalue weighted by Gasteiger charge is -2.26. The third-order valence-electron chi connectivity index (χ3n) is 4.03. The number of rotatable bonds is 2. The molecule has 4 aromatic carbocycles. The predicted octanol–water partition coefficient (Wildman–Crippen LogP) is 7.52. The Morgan fingerprint density at radius 1 is 0.478 bits per heavy atom. The smallest absolute Gasteiger partial charge is 0.0219 e. The maximum Gasteiger partial charge on any atom is 0.0219 e. The Kier molecular flexibility index (Phi) is 3.73. The first-order chi connectivity index (χ1) is 11.1. The van der Waals surface area contributed by atoms with Crippen molar-refractivity contribution in [3.05, 3.63) is 84.9 Å². The van der Waals surface area contributed by atoms with Crippen LogP contribution in [0.25, 0.3) is 21.5 Å². The van der Waals surface area contributed by atoms with Crippen LogP contribution in [0.15, 0.2) is 94.7 Å². The van der Waals surface area contributed by atoms with Crippen molar-refractivity contribution in [2.45, 2.75) is 9.79 Å². The van der Waals surface area contributed by atoms with Crippen molar-refractivity contribution in [3.63, 3.8) is 0 Å². The first-order valence-electron chi connectivity index (χ1n) is 7.35. The molecule has 0 bridgehead atoms. The molecule has 3 heteroatoms. The molecular formula is C20H14Cl2S. The minimum absolute atomic E-state index is 0.967. The fraction of sp³-hybridized carbons (Fsp3) is 0. The molecule has 23 heavy (non-hydrogen) atoms. The van der Waals surface area contributed by atoms with Crippen LogP contribution in [0, 0.1) is 0 Å². The summed E-state index contributed by atoms with van der Waals surface area (Å²) < 4.78 is 0. The van der Waals surface area contributed by atoms with E-state index in [0.717, 1.165) is 20.6 Å². The number of hydrogen-bond donors (Lipinski definition) is 0. The topological polar surface area (TPSA) is 0 Å². The van der Waals surface area contributed by atoms with Gasteiger partial charge < -0.3 is 0 Å². The van der Waals surface area contributed by atoms with Crippen LogP contribution in [0.1, 0.15) is 0 Å². The molecule has 0 N–H and O–H groups in total. The molecule has 0 spiro atoms. The van der Waals surface area contributed by atoms with Gasteiger partial charge in [-0.3, -0.25) is 0 Å². The third-order valence-corrected chi connectivity index (χ3v) is 7.86. The van der Waals surface area contributed by atoms with E-state index in [0.29, 0.717) is 0 Å². The lowest BCUT2D eigenvalue weighted by atomic mass is 10.1. The van der Waals surface area contributed by atoms with Crippen LogP contribution in [-0.4, -0.2) is 0 Å². The summed E-state index contributed by atoms with van der Waals surface area (Å²) in [7, 11) is 11.6.